The van der Waals surface area contributed by atoms with E-state index in [9.17, 15) is 9.18 Å². The molecule has 0 aliphatic heterocycles. The maximum absolute atomic E-state index is 14.3. The van der Waals surface area contributed by atoms with Gasteiger partial charge in [0.2, 0.25) is 0 Å². The Hall–Kier alpha value is -2.74. The molecular weight excluding hydrogens is 431 g/mol. The summed E-state index contributed by atoms with van der Waals surface area (Å²) in [6.07, 6.45) is 9.82. The van der Waals surface area contributed by atoms with Crippen LogP contribution in [-0.2, 0) is 0 Å². The van der Waals surface area contributed by atoms with Crippen molar-refractivity contribution in [3.8, 4) is 0 Å². The molecule has 4 aromatic heterocycles. The third-order valence-corrected chi connectivity index (χ3v) is 7.51. The number of alkyl halides is 1. The second-order valence-corrected chi connectivity index (χ2v) is 9.93. The summed E-state index contributed by atoms with van der Waals surface area (Å²) in [5, 5.41) is 5.61. The van der Waals surface area contributed by atoms with E-state index in [-0.39, 0.29) is 23.4 Å². The van der Waals surface area contributed by atoms with Gasteiger partial charge in [-0.1, -0.05) is 11.6 Å². The molecule has 0 aromatic carbocycles. The van der Waals surface area contributed by atoms with Crippen LogP contribution in [0.2, 0.25) is 5.02 Å². The van der Waals surface area contributed by atoms with Crippen LogP contribution in [0.5, 0.6) is 0 Å². The van der Waals surface area contributed by atoms with E-state index in [0.717, 1.165) is 24.2 Å². The van der Waals surface area contributed by atoms with Gasteiger partial charge in [0.15, 0.2) is 5.65 Å². The topological polar surface area (TPSA) is 80.9 Å². The molecule has 2 saturated carbocycles. The summed E-state index contributed by atoms with van der Waals surface area (Å²) in [7, 11) is 0. The van der Waals surface area contributed by atoms with Crippen molar-refractivity contribution in [1.29, 1.82) is 0 Å². The monoisotopic (exact) mass is 454 g/mol. The average molecular weight is 455 g/mol. The molecule has 166 valence electrons. The largest absolute Gasteiger partial charge is 0.310 e. The van der Waals surface area contributed by atoms with Gasteiger partial charge < -0.3 is 9.38 Å². The highest BCUT2D eigenvalue weighted by molar-refractivity contribution is 6.30. The summed E-state index contributed by atoms with van der Waals surface area (Å²) in [5.74, 6) is 0.964. The molecule has 4 aromatic rings. The summed E-state index contributed by atoms with van der Waals surface area (Å²) in [4.78, 5) is 25.4. The molecule has 1 N–H and O–H groups in total. The highest BCUT2D eigenvalue weighted by Gasteiger charge is 2.38. The molecule has 4 heterocycles. The van der Waals surface area contributed by atoms with Gasteiger partial charge >= 0.3 is 0 Å². The number of nitrogens with one attached hydrogen (secondary N) is 1. The minimum atomic E-state index is -1.12. The number of rotatable bonds is 3. The van der Waals surface area contributed by atoms with E-state index in [4.69, 9.17) is 21.6 Å². The first-order valence-corrected chi connectivity index (χ1v) is 11.6. The van der Waals surface area contributed by atoms with Gasteiger partial charge in [-0.2, -0.15) is 5.10 Å². The van der Waals surface area contributed by atoms with Crippen LogP contribution in [0.4, 0.5) is 4.39 Å². The first-order chi connectivity index (χ1) is 15.4. The number of hydrogen-bond donors (Lipinski definition) is 1. The van der Waals surface area contributed by atoms with Crippen molar-refractivity contribution in [1.82, 2.24) is 29.1 Å². The molecule has 0 spiro atoms. The molecule has 2 atom stereocenters. The highest BCUT2D eigenvalue weighted by atomic mass is 35.5. The number of aromatic amines is 1. The van der Waals surface area contributed by atoms with E-state index in [1.807, 2.05) is 33.6 Å². The zero-order chi connectivity index (χ0) is 22.0. The van der Waals surface area contributed by atoms with E-state index in [2.05, 4.69) is 10.1 Å². The second-order valence-electron chi connectivity index (χ2n) is 9.49. The van der Waals surface area contributed by atoms with E-state index >= 15 is 0 Å². The van der Waals surface area contributed by atoms with Gasteiger partial charge in [-0.05, 0) is 57.6 Å². The van der Waals surface area contributed by atoms with Gasteiger partial charge in [0.1, 0.15) is 22.5 Å². The van der Waals surface area contributed by atoms with E-state index in [1.54, 1.807) is 13.1 Å². The summed E-state index contributed by atoms with van der Waals surface area (Å²) in [5.41, 5.74) is 1.10. The first kappa shape index (κ1) is 19.9. The van der Waals surface area contributed by atoms with Crippen molar-refractivity contribution in [2.75, 3.05) is 0 Å². The van der Waals surface area contributed by atoms with Crippen LogP contribution in [-0.4, -0.2) is 34.8 Å². The van der Waals surface area contributed by atoms with Crippen molar-refractivity contribution >= 4 is 28.3 Å². The van der Waals surface area contributed by atoms with Crippen molar-refractivity contribution in [2.24, 2.45) is 0 Å². The molecule has 7 nitrogen and oxygen atoms in total. The van der Waals surface area contributed by atoms with Gasteiger partial charge in [0.05, 0.1) is 17.9 Å². The molecule has 6 rings (SSSR count). The lowest BCUT2D eigenvalue weighted by atomic mass is 9.71. The summed E-state index contributed by atoms with van der Waals surface area (Å²) >= 11 is 6.10. The number of fused-ring (bicyclic) bond motifs is 2. The van der Waals surface area contributed by atoms with Gasteiger partial charge in [0.25, 0.3) is 5.56 Å². The minimum absolute atomic E-state index is 0.0684. The molecule has 0 amide bonds. The van der Waals surface area contributed by atoms with Gasteiger partial charge in [-0.25, -0.2) is 19.0 Å². The predicted octanol–water partition coefficient (Wildman–Crippen LogP) is 4.93. The van der Waals surface area contributed by atoms with Crippen LogP contribution < -0.4 is 5.56 Å². The van der Waals surface area contributed by atoms with Crippen molar-refractivity contribution < 1.29 is 4.39 Å². The van der Waals surface area contributed by atoms with Crippen LogP contribution in [0.25, 0.3) is 16.7 Å². The normalized spacial score (nSPS) is 28.3. The number of imidazole rings is 1. The fourth-order valence-corrected chi connectivity index (χ4v) is 5.34. The number of halogens is 2. The lowest BCUT2D eigenvalue weighted by molar-refractivity contribution is 0.103. The van der Waals surface area contributed by atoms with Gasteiger partial charge in [-0.3, -0.25) is 4.79 Å². The van der Waals surface area contributed by atoms with Crippen LogP contribution in [0.3, 0.4) is 0 Å². The summed E-state index contributed by atoms with van der Waals surface area (Å²) < 4.78 is 18.1. The number of H-pyrrole nitrogens is 1. The Bertz CT molecular complexity index is 1380. The highest BCUT2D eigenvalue weighted by Crippen LogP contribution is 2.47. The van der Waals surface area contributed by atoms with Crippen LogP contribution >= 0.6 is 11.6 Å². The molecule has 0 bridgehead atoms. The molecule has 0 radical (unpaired) electrons. The van der Waals surface area contributed by atoms with Crippen LogP contribution in [0, 0.1) is 0 Å². The lowest BCUT2D eigenvalue weighted by Crippen LogP contribution is -2.29. The second kappa shape index (κ2) is 7.13. The van der Waals surface area contributed by atoms with E-state index in [1.165, 1.54) is 0 Å². The smallest absolute Gasteiger partial charge is 0.262 e. The zero-order valence-electron chi connectivity index (χ0n) is 17.8. The molecular formula is C23H24ClFN6O. The molecule has 0 saturated heterocycles. The average Bonchev–Trinajstić information content (AvgIpc) is 3.31. The number of pyridine rings is 1. The number of hydrogen-bond acceptors (Lipinski definition) is 4. The molecule has 9 heteroatoms. The Balaban J connectivity index is 1.34. The van der Waals surface area contributed by atoms with Gasteiger partial charge in [-0.15, -0.1) is 0 Å². The Morgan fingerprint density at radius 1 is 1.19 bits per heavy atom. The Morgan fingerprint density at radius 3 is 2.72 bits per heavy atom. The fourth-order valence-electron chi connectivity index (χ4n) is 5.18. The first-order valence-electron chi connectivity index (χ1n) is 11.2. The SMILES string of the molecule is CC1(F)CCC(n2ncc3c(=O)[nH]c([C@H]4CC[C@H]4c4cn5ccc(Cl)cc5n4)nc32)CC1. The Kier molecular flexibility index (Phi) is 4.44. The fraction of sp³-hybridized carbons (Fsp3) is 0.478. The Labute approximate surface area is 188 Å². The zero-order valence-corrected chi connectivity index (χ0v) is 18.5. The summed E-state index contributed by atoms with van der Waals surface area (Å²) in [6, 6.07) is 3.75. The third-order valence-electron chi connectivity index (χ3n) is 7.27. The minimum Gasteiger partial charge on any atom is -0.310 e. The van der Waals surface area contributed by atoms with Crippen LogP contribution in [0.15, 0.2) is 35.5 Å². The summed E-state index contributed by atoms with van der Waals surface area (Å²) in [6.45, 7) is 1.66. The van der Waals surface area contributed by atoms with Crippen molar-refractivity contribution in [2.45, 2.75) is 69.0 Å². The number of nitrogens with zero attached hydrogens (tertiary/aromatic N) is 5. The van der Waals surface area contributed by atoms with E-state index in [0.29, 0.717) is 47.6 Å². The molecule has 2 fully saturated rings. The van der Waals surface area contributed by atoms with Crippen molar-refractivity contribution in [3.63, 3.8) is 0 Å². The molecule has 2 aliphatic carbocycles. The standard InChI is InChI=1S/C23H24ClFN6O/c1-23(25)7-4-14(5-8-23)31-21-17(11-26-31)22(32)29-20(28-21)16-3-2-15(16)18-12-30-9-6-13(24)10-19(30)27-18/h6,9-12,14-16H,2-5,7-8H2,1H3,(H,28,29,32)/t14?,15-,16+,23?/m1/s1. The molecule has 0 unspecified atom stereocenters. The molecule has 32 heavy (non-hydrogen) atoms. The van der Waals surface area contributed by atoms with Crippen LogP contribution in [0.1, 0.15) is 74.8 Å². The molecule has 2 aliphatic rings. The lowest BCUT2D eigenvalue weighted by Gasteiger charge is -2.34. The van der Waals surface area contributed by atoms with Gasteiger partial charge in [0, 0.05) is 29.3 Å². The van der Waals surface area contributed by atoms with E-state index < -0.39 is 5.67 Å². The maximum atomic E-state index is 14.3. The Morgan fingerprint density at radius 2 is 1.97 bits per heavy atom. The van der Waals surface area contributed by atoms with Crippen molar-refractivity contribution in [3.05, 3.63) is 57.6 Å². The predicted molar refractivity (Wildman–Crippen MR) is 120 cm³/mol. The maximum Gasteiger partial charge on any atom is 0.262 e. The number of aromatic nitrogens is 6. The third kappa shape index (κ3) is 3.23. The quantitative estimate of drug-likeness (QED) is 0.476.